The van der Waals surface area contributed by atoms with Gasteiger partial charge in [-0.1, -0.05) is 30.3 Å². The van der Waals surface area contributed by atoms with E-state index in [0.717, 1.165) is 5.56 Å². The van der Waals surface area contributed by atoms with Gasteiger partial charge in [0.15, 0.2) is 0 Å². The number of alkyl carbamates (subject to hydrolysis) is 1. The summed E-state index contributed by atoms with van der Waals surface area (Å²) in [4.78, 5) is 35.4. The van der Waals surface area contributed by atoms with Gasteiger partial charge in [0.1, 0.15) is 18.7 Å². The first-order valence-electron chi connectivity index (χ1n) is 7.97. The maximum Gasteiger partial charge on any atom is 0.408 e. The maximum absolute atomic E-state index is 12.2. The summed E-state index contributed by atoms with van der Waals surface area (Å²) in [5.74, 6) is -1.62. The van der Waals surface area contributed by atoms with Crippen LogP contribution in [0.4, 0.5) is 4.79 Å². The minimum Gasteiger partial charge on any atom is -0.445 e. The zero-order chi connectivity index (χ0) is 19.5. The number of nitrogens with one attached hydrogen (secondary N) is 2. The van der Waals surface area contributed by atoms with Crippen LogP contribution in [0, 0.1) is 11.3 Å². The van der Waals surface area contributed by atoms with E-state index in [-0.39, 0.29) is 19.4 Å². The Morgan fingerprint density at radius 2 is 1.92 bits per heavy atom. The predicted octanol–water partition coefficient (Wildman–Crippen LogP) is -0.0639. The van der Waals surface area contributed by atoms with Crippen molar-refractivity contribution in [3.05, 3.63) is 35.9 Å². The molecule has 0 aliphatic heterocycles. The van der Waals surface area contributed by atoms with Gasteiger partial charge in [0.05, 0.1) is 12.2 Å². The topological polar surface area (TPSA) is 155 Å². The molecule has 0 bridgehead atoms. The van der Waals surface area contributed by atoms with Crippen LogP contribution in [0.1, 0.15) is 25.3 Å². The van der Waals surface area contributed by atoms with Crippen molar-refractivity contribution in [1.82, 2.24) is 10.6 Å². The van der Waals surface area contributed by atoms with Crippen molar-refractivity contribution in [2.75, 3.05) is 0 Å². The number of primary amides is 1. The lowest BCUT2D eigenvalue weighted by atomic mass is 10.1. The molecule has 1 aromatic rings. The Hall–Kier alpha value is -3.12. The molecule has 0 aliphatic rings. The summed E-state index contributed by atoms with van der Waals surface area (Å²) < 4.78 is 5.00. The molecule has 0 fully saturated rings. The summed E-state index contributed by atoms with van der Waals surface area (Å²) in [6.07, 6.45) is -2.10. The van der Waals surface area contributed by atoms with Gasteiger partial charge in [-0.3, -0.25) is 9.59 Å². The number of hydrogen-bond acceptors (Lipinski definition) is 6. The van der Waals surface area contributed by atoms with E-state index in [4.69, 9.17) is 15.7 Å². The van der Waals surface area contributed by atoms with Gasteiger partial charge < -0.3 is 26.2 Å². The van der Waals surface area contributed by atoms with E-state index in [0.29, 0.717) is 0 Å². The molecule has 5 N–H and O–H groups in total. The molecule has 1 aromatic carbocycles. The number of carbonyl (C=O) groups excluding carboxylic acids is 3. The first-order valence-corrected chi connectivity index (χ1v) is 7.97. The quantitative estimate of drug-likeness (QED) is 0.482. The molecule has 0 heterocycles. The average molecular weight is 362 g/mol. The zero-order valence-electron chi connectivity index (χ0n) is 14.3. The largest absolute Gasteiger partial charge is 0.445 e. The summed E-state index contributed by atoms with van der Waals surface area (Å²) in [5, 5.41) is 22.9. The predicted molar refractivity (Wildman–Crippen MR) is 91.2 cm³/mol. The standard InChI is InChI=1S/C17H22N4O5/c1-11(22)14(16(24)20-13(15(19)23)8-5-9-18)21-17(25)26-10-12-6-3-2-4-7-12/h2-4,6-7,11,13-14,22H,5,8,10H2,1H3,(H2,19,23)(H,20,24)(H,21,25)/t11-,13-,14+/m1/s1. The van der Waals surface area contributed by atoms with Gasteiger partial charge >= 0.3 is 6.09 Å². The summed E-state index contributed by atoms with van der Waals surface area (Å²) in [6.45, 7) is 1.29. The van der Waals surface area contributed by atoms with Crippen molar-refractivity contribution in [1.29, 1.82) is 5.26 Å². The second-order valence-electron chi connectivity index (χ2n) is 5.58. The summed E-state index contributed by atoms with van der Waals surface area (Å²) in [5.41, 5.74) is 5.93. The van der Waals surface area contributed by atoms with Crippen LogP contribution in [-0.4, -0.2) is 41.2 Å². The molecule has 3 amide bonds. The minimum absolute atomic E-state index is 0.00704. The molecule has 140 valence electrons. The van der Waals surface area contributed by atoms with E-state index < -0.39 is 36.1 Å². The summed E-state index contributed by atoms with van der Waals surface area (Å²) in [6, 6.07) is 8.34. The third-order valence-electron chi connectivity index (χ3n) is 3.46. The highest BCUT2D eigenvalue weighted by molar-refractivity contribution is 5.91. The highest BCUT2D eigenvalue weighted by atomic mass is 16.5. The lowest BCUT2D eigenvalue weighted by Crippen LogP contribution is -2.56. The van der Waals surface area contributed by atoms with E-state index >= 15 is 0 Å². The lowest BCUT2D eigenvalue weighted by molar-refractivity contribution is -0.130. The van der Waals surface area contributed by atoms with Crippen LogP contribution in [0.25, 0.3) is 0 Å². The average Bonchev–Trinajstić information content (AvgIpc) is 2.61. The highest BCUT2D eigenvalue weighted by Gasteiger charge is 2.29. The van der Waals surface area contributed by atoms with Crippen LogP contribution in [0.5, 0.6) is 0 Å². The molecule has 0 radical (unpaired) electrons. The molecular weight excluding hydrogens is 340 g/mol. The molecule has 0 saturated heterocycles. The van der Waals surface area contributed by atoms with Crippen LogP contribution < -0.4 is 16.4 Å². The minimum atomic E-state index is -1.35. The third-order valence-corrected chi connectivity index (χ3v) is 3.46. The first-order chi connectivity index (χ1) is 12.3. The van der Waals surface area contributed by atoms with Gasteiger partial charge in [-0.2, -0.15) is 5.26 Å². The number of aliphatic hydroxyl groups is 1. The molecular formula is C17H22N4O5. The van der Waals surface area contributed by atoms with Gasteiger partial charge in [0, 0.05) is 6.42 Å². The third kappa shape index (κ3) is 7.19. The second-order valence-corrected chi connectivity index (χ2v) is 5.58. The Morgan fingerprint density at radius 1 is 1.27 bits per heavy atom. The van der Waals surface area contributed by atoms with E-state index in [1.807, 2.05) is 12.1 Å². The number of nitrogens with two attached hydrogens (primary N) is 1. The number of benzene rings is 1. The van der Waals surface area contributed by atoms with Crippen LogP contribution in [-0.2, 0) is 20.9 Å². The molecule has 0 aliphatic carbocycles. The van der Waals surface area contributed by atoms with Crippen LogP contribution in [0.3, 0.4) is 0 Å². The van der Waals surface area contributed by atoms with E-state index in [1.54, 1.807) is 24.3 Å². The van der Waals surface area contributed by atoms with Crippen molar-refractivity contribution in [3.63, 3.8) is 0 Å². The number of nitrogens with zero attached hydrogens (tertiary/aromatic N) is 1. The molecule has 26 heavy (non-hydrogen) atoms. The fraction of sp³-hybridized carbons (Fsp3) is 0.412. The number of amides is 3. The number of hydrogen-bond donors (Lipinski definition) is 4. The second kappa shape index (κ2) is 10.7. The Kier molecular flexibility index (Phi) is 8.60. The smallest absolute Gasteiger partial charge is 0.408 e. The fourth-order valence-corrected chi connectivity index (χ4v) is 2.05. The Bertz CT molecular complexity index is 657. The van der Waals surface area contributed by atoms with Crippen molar-refractivity contribution >= 4 is 17.9 Å². The monoisotopic (exact) mass is 362 g/mol. The zero-order valence-corrected chi connectivity index (χ0v) is 14.3. The summed E-state index contributed by atoms with van der Waals surface area (Å²) in [7, 11) is 0. The fourth-order valence-electron chi connectivity index (χ4n) is 2.05. The van der Waals surface area contributed by atoms with Crippen molar-refractivity contribution in [2.45, 2.75) is 44.6 Å². The molecule has 9 nitrogen and oxygen atoms in total. The maximum atomic E-state index is 12.2. The van der Waals surface area contributed by atoms with Gasteiger partial charge in [0.2, 0.25) is 11.8 Å². The van der Waals surface area contributed by atoms with Crippen LogP contribution >= 0.6 is 0 Å². The normalized spacial score (nSPS) is 13.6. The van der Waals surface area contributed by atoms with Crippen LogP contribution in [0.2, 0.25) is 0 Å². The van der Waals surface area contributed by atoms with Gasteiger partial charge in [-0.05, 0) is 18.9 Å². The molecule has 0 spiro atoms. The Balaban J connectivity index is 2.63. The van der Waals surface area contributed by atoms with Gasteiger partial charge in [-0.25, -0.2) is 4.79 Å². The Labute approximate surface area is 151 Å². The van der Waals surface area contributed by atoms with E-state index in [1.165, 1.54) is 6.92 Å². The van der Waals surface area contributed by atoms with Gasteiger partial charge in [0.25, 0.3) is 0 Å². The highest BCUT2D eigenvalue weighted by Crippen LogP contribution is 2.03. The number of rotatable bonds is 9. The van der Waals surface area contributed by atoms with E-state index in [9.17, 15) is 19.5 Å². The molecule has 3 atom stereocenters. The molecule has 0 aromatic heterocycles. The first kappa shape index (κ1) is 20.9. The summed E-state index contributed by atoms with van der Waals surface area (Å²) >= 11 is 0. The molecule has 0 saturated carbocycles. The van der Waals surface area contributed by atoms with Crippen molar-refractivity contribution in [2.24, 2.45) is 5.73 Å². The number of aliphatic hydroxyl groups excluding tert-OH is 1. The number of carbonyl (C=O) groups is 3. The number of ether oxygens (including phenoxy) is 1. The molecule has 0 unspecified atom stereocenters. The van der Waals surface area contributed by atoms with E-state index in [2.05, 4.69) is 10.6 Å². The van der Waals surface area contributed by atoms with Crippen molar-refractivity contribution in [3.8, 4) is 6.07 Å². The van der Waals surface area contributed by atoms with Crippen molar-refractivity contribution < 1.29 is 24.2 Å². The SMILES string of the molecule is C[C@@H](O)[C@H](NC(=O)OCc1ccccc1)C(=O)N[C@H](CCC#N)C(N)=O. The lowest BCUT2D eigenvalue weighted by Gasteiger charge is -2.23. The number of nitriles is 1. The van der Waals surface area contributed by atoms with Gasteiger partial charge in [-0.15, -0.1) is 0 Å². The molecule has 9 heteroatoms. The van der Waals surface area contributed by atoms with Crippen LogP contribution in [0.15, 0.2) is 30.3 Å². The Morgan fingerprint density at radius 3 is 2.46 bits per heavy atom. The molecule has 1 rings (SSSR count).